The van der Waals surface area contributed by atoms with E-state index in [-0.39, 0.29) is 0 Å². The smallest absolute Gasteiger partial charge is 0.0630 e. The Labute approximate surface area is 301 Å². The standard InChI is InChI=1S/C48H39N3/c1-34-4-10-37(11-5-34)31-49-46-22-16-40(17-23-46)43-28-44(41-18-24-47(25-19-41)50-32-38-12-6-35(2)7-13-38)30-45(29-43)42-20-26-48(27-21-42)51-33-39-14-8-36(3)9-15-39/h4-33H,1-3H3. The van der Waals surface area contributed by atoms with E-state index in [0.29, 0.717) is 0 Å². The van der Waals surface area contributed by atoms with Gasteiger partial charge in [0.25, 0.3) is 0 Å². The highest BCUT2D eigenvalue weighted by atomic mass is 14.7. The first-order valence-corrected chi connectivity index (χ1v) is 17.2. The normalized spacial score (nSPS) is 11.6. The van der Waals surface area contributed by atoms with Gasteiger partial charge in [-0.1, -0.05) is 126 Å². The van der Waals surface area contributed by atoms with E-state index in [1.165, 1.54) is 16.7 Å². The Balaban J connectivity index is 1.18. The molecule has 3 nitrogen and oxygen atoms in total. The van der Waals surface area contributed by atoms with Crippen LogP contribution in [-0.2, 0) is 0 Å². The molecule has 7 rings (SSSR count). The fourth-order valence-electron chi connectivity index (χ4n) is 5.75. The highest BCUT2D eigenvalue weighted by Crippen LogP contribution is 2.35. The van der Waals surface area contributed by atoms with Crippen LogP contribution in [0.2, 0.25) is 0 Å². The molecule has 0 bridgehead atoms. The van der Waals surface area contributed by atoms with Gasteiger partial charge in [-0.15, -0.1) is 0 Å². The zero-order valence-electron chi connectivity index (χ0n) is 29.2. The average Bonchev–Trinajstić information content (AvgIpc) is 3.18. The topological polar surface area (TPSA) is 37.1 Å². The minimum atomic E-state index is 0.916. The number of benzene rings is 7. The first-order valence-electron chi connectivity index (χ1n) is 17.2. The molecule has 0 N–H and O–H groups in total. The molecular weight excluding hydrogens is 619 g/mol. The molecule has 0 heterocycles. The van der Waals surface area contributed by atoms with E-state index in [4.69, 9.17) is 15.0 Å². The van der Waals surface area contributed by atoms with E-state index < -0.39 is 0 Å². The minimum Gasteiger partial charge on any atom is -0.256 e. The summed E-state index contributed by atoms with van der Waals surface area (Å²) in [4.78, 5) is 14.1. The molecule has 0 spiro atoms. The van der Waals surface area contributed by atoms with Gasteiger partial charge in [-0.25, -0.2) is 0 Å². The number of aliphatic imine (C=N–C) groups is 3. The van der Waals surface area contributed by atoms with Gasteiger partial charge in [-0.2, -0.15) is 0 Å². The average molecular weight is 658 g/mol. The third-order valence-electron chi connectivity index (χ3n) is 8.86. The SMILES string of the molecule is Cc1ccc(C=Nc2ccc(-c3cc(-c4ccc(N=Cc5ccc(C)cc5)cc4)cc(-c4ccc(N=Cc5ccc(C)cc5)cc4)c3)cc2)cc1. The molecule has 0 aliphatic rings. The summed E-state index contributed by atoms with van der Waals surface area (Å²) in [6.07, 6.45) is 5.74. The summed E-state index contributed by atoms with van der Waals surface area (Å²) in [5.74, 6) is 0. The Morgan fingerprint density at radius 3 is 0.745 bits per heavy atom. The predicted octanol–water partition coefficient (Wildman–Crippen LogP) is 12.9. The van der Waals surface area contributed by atoms with Gasteiger partial charge in [-0.3, -0.25) is 15.0 Å². The molecule has 0 saturated heterocycles. The van der Waals surface area contributed by atoms with Gasteiger partial charge in [0.2, 0.25) is 0 Å². The monoisotopic (exact) mass is 657 g/mol. The summed E-state index contributed by atoms with van der Waals surface area (Å²) in [7, 11) is 0. The molecule has 0 aromatic heterocycles. The van der Waals surface area contributed by atoms with Gasteiger partial charge in [0.1, 0.15) is 0 Å². The van der Waals surface area contributed by atoms with Crippen LogP contribution >= 0.6 is 0 Å². The van der Waals surface area contributed by atoms with Gasteiger partial charge in [0.05, 0.1) is 17.1 Å². The van der Waals surface area contributed by atoms with Gasteiger partial charge < -0.3 is 0 Å². The fourth-order valence-corrected chi connectivity index (χ4v) is 5.75. The van der Waals surface area contributed by atoms with Crippen molar-refractivity contribution < 1.29 is 0 Å². The molecule has 3 heteroatoms. The summed E-state index contributed by atoms with van der Waals surface area (Å²) in [5, 5.41) is 0. The quantitative estimate of drug-likeness (QED) is 0.139. The Kier molecular flexibility index (Phi) is 9.99. The molecule has 7 aromatic carbocycles. The molecule has 7 aromatic rings. The van der Waals surface area contributed by atoms with Crippen molar-refractivity contribution in [3.63, 3.8) is 0 Å². The molecule has 51 heavy (non-hydrogen) atoms. The lowest BCUT2D eigenvalue weighted by molar-refractivity contribution is 1.46. The maximum atomic E-state index is 4.72. The lowest BCUT2D eigenvalue weighted by Gasteiger charge is -2.12. The zero-order chi connectivity index (χ0) is 35.0. The summed E-state index contributed by atoms with van der Waals surface area (Å²) < 4.78 is 0. The molecule has 0 radical (unpaired) electrons. The van der Waals surface area contributed by atoms with Crippen LogP contribution in [0.3, 0.4) is 0 Å². The maximum Gasteiger partial charge on any atom is 0.0630 e. The molecule has 0 aliphatic carbocycles. The molecule has 0 unspecified atom stereocenters. The van der Waals surface area contributed by atoms with E-state index >= 15 is 0 Å². The van der Waals surface area contributed by atoms with E-state index in [1.807, 2.05) is 18.6 Å². The Hall–Kier alpha value is -6.45. The molecule has 0 atom stereocenters. The summed E-state index contributed by atoms with van der Waals surface area (Å²) in [5.41, 5.74) is 16.5. The fraction of sp³-hybridized carbons (Fsp3) is 0.0625. The number of rotatable bonds is 9. The minimum absolute atomic E-state index is 0.916. The van der Waals surface area contributed by atoms with Crippen molar-refractivity contribution in [2.75, 3.05) is 0 Å². The number of nitrogens with zero attached hydrogens (tertiary/aromatic N) is 3. The van der Waals surface area contributed by atoms with E-state index in [0.717, 1.165) is 67.1 Å². The molecule has 0 aliphatic heterocycles. The first-order chi connectivity index (χ1) is 24.9. The highest BCUT2D eigenvalue weighted by molar-refractivity contribution is 5.86. The number of aryl methyl sites for hydroxylation is 3. The van der Waals surface area contributed by atoms with E-state index in [2.05, 4.69) is 185 Å². The van der Waals surface area contributed by atoms with Gasteiger partial charge in [-0.05, 0) is 125 Å². The Morgan fingerprint density at radius 2 is 0.510 bits per heavy atom. The van der Waals surface area contributed by atoms with Crippen LogP contribution < -0.4 is 0 Å². The second-order valence-corrected chi connectivity index (χ2v) is 12.9. The van der Waals surface area contributed by atoms with Crippen molar-refractivity contribution >= 4 is 35.7 Å². The van der Waals surface area contributed by atoms with Crippen molar-refractivity contribution in [2.45, 2.75) is 20.8 Å². The van der Waals surface area contributed by atoms with Gasteiger partial charge >= 0.3 is 0 Å². The third kappa shape index (κ3) is 8.78. The van der Waals surface area contributed by atoms with Crippen LogP contribution in [0.4, 0.5) is 17.1 Å². The van der Waals surface area contributed by atoms with Crippen LogP contribution in [0.25, 0.3) is 33.4 Å². The van der Waals surface area contributed by atoms with Crippen molar-refractivity contribution in [3.8, 4) is 33.4 Å². The van der Waals surface area contributed by atoms with Gasteiger partial charge in [0, 0.05) is 18.6 Å². The van der Waals surface area contributed by atoms with Gasteiger partial charge in [0.15, 0.2) is 0 Å². The Morgan fingerprint density at radius 1 is 0.275 bits per heavy atom. The highest BCUT2D eigenvalue weighted by Gasteiger charge is 2.09. The van der Waals surface area contributed by atoms with Crippen molar-refractivity contribution in [1.82, 2.24) is 0 Å². The predicted molar refractivity (Wildman–Crippen MR) is 218 cm³/mol. The summed E-state index contributed by atoms with van der Waals surface area (Å²) >= 11 is 0. The largest absolute Gasteiger partial charge is 0.256 e. The molecule has 246 valence electrons. The molecule has 0 saturated carbocycles. The summed E-state index contributed by atoms with van der Waals surface area (Å²) in [6.45, 7) is 6.28. The number of hydrogen-bond acceptors (Lipinski definition) is 3. The lowest BCUT2D eigenvalue weighted by Crippen LogP contribution is -1.86. The van der Waals surface area contributed by atoms with Crippen LogP contribution in [0, 0.1) is 20.8 Å². The van der Waals surface area contributed by atoms with E-state index in [1.54, 1.807) is 0 Å². The third-order valence-corrected chi connectivity index (χ3v) is 8.86. The van der Waals surface area contributed by atoms with Crippen molar-refractivity contribution in [1.29, 1.82) is 0 Å². The molecular formula is C48H39N3. The maximum absolute atomic E-state index is 4.72. The zero-order valence-corrected chi connectivity index (χ0v) is 29.2. The molecule has 0 amide bonds. The second-order valence-electron chi connectivity index (χ2n) is 12.9. The van der Waals surface area contributed by atoms with Crippen molar-refractivity contribution in [2.24, 2.45) is 15.0 Å². The number of hydrogen-bond donors (Lipinski definition) is 0. The van der Waals surface area contributed by atoms with E-state index in [9.17, 15) is 0 Å². The van der Waals surface area contributed by atoms with Crippen LogP contribution in [0.15, 0.2) is 179 Å². The molecule has 0 fully saturated rings. The van der Waals surface area contributed by atoms with Crippen molar-refractivity contribution in [3.05, 3.63) is 197 Å². The first kappa shape index (κ1) is 33.1. The Bertz CT molecular complexity index is 2030. The second kappa shape index (κ2) is 15.4. The van der Waals surface area contributed by atoms with Crippen LogP contribution in [0.1, 0.15) is 33.4 Å². The summed E-state index contributed by atoms with van der Waals surface area (Å²) in [6, 6.07) is 57.3. The van der Waals surface area contributed by atoms with Crippen LogP contribution in [-0.4, -0.2) is 18.6 Å². The van der Waals surface area contributed by atoms with Crippen LogP contribution in [0.5, 0.6) is 0 Å². The lowest BCUT2D eigenvalue weighted by atomic mass is 9.93.